The highest BCUT2D eigenvalue weighted by Gasteiger charge is 2.29. The third kappa shape index (κ3) is 5.61. The van der Waals surface area contributed by atoms with E-state index in [9.17, 15) is 19.5 Å². The number of ether oxygens (including phenoxy) is 2. The van der Waals surface area contributed by atoms with Crippen LogP contribution in [0.15, 0.2) is 47.4 Å². The number of hydrogen-bond donors (Lipinski definition) is 3. The topological polar surface area (TPSA) is 114 Å². The zero-order chi connectivity index (χ0) is 26.0. The van der Waals surface area contributed by atoms with Crippen molar-refractivity contribution < 1.29 is 29.0 Å². The van der Waals surface area contributed by atoms with E-state index in [-0.39, 0.29) is 33.5 Å². The first-order valence-electron chi connectivity index (χ1n) is 9.98. The molecule has 0 saturated heterocycles. The minimum absolute atomic E-state index is 0.0865. The fourth-order valence-corrected chi connectivity index (χ4v) is 5.00. The van der Waals surface area contributed by atoms with Gasteiger partial charge in [0.2, 0.25) is 12.7 Å². The minimum atomic E-state index is -1.50. The summed E-state index contributed by atoms with van der Waals surface area (Å²) in [5, 5.41) is 13.6. The number of halogens is 4. The lowest BCUT2D eigenvalue weighted by atomic mass is 10.1. The molecule has 8 nitrogen and oxygen atoms in total. The lowest BCUT2D eigenvalue weighted by Crippen LogP contribution is -2.18. The summed E-state index contributed by atoms with van der Waals surface area (Å²) in [6, 6.07) is 11.7. The van der Waals surface area contributed by atoms with Crippen LogP contribution < -0.4 is 20.1 Å². The highest BCUT2D eigenvalue weighted by molar-refractivity contribution is 8.00. The van der Waals surface area contributed by atoms with Crippen LogP contribution in [0.25, 0.3) is 0 Å². The second kappa shape index (κ2) is 11.1. The number of fused-ring (bicyclic) bond motifs is 1. The van der Waals surface area contributed by atoms with Gasteiger partial charge in [-0.05, 0) is 30.3 Å². The number of rotatable bonds is 7. The molecule has 0 fully saturated rings. The number of carboxylic acid groups (broad SMARTS) is 1. The lowest BCUT2D eigenvalue weighted by molar-refractivity contribution is -0.113. The first-order chi connectivity index (χ1) is 17.2. The number of aromatic carboxylic acids is 1. The molecule has 1 aliphatic rings. The van der Waals surface area contributed by atoms with Gasteiger partial charge < -0.3 is 25.2 Å². The Morgan fingerprint density at radius 3 is 2.22 bits per heavy atom. The largest absolute Gasteiger partial charge is 0.478 e. The number of nitrogens with one attached hydrogen (secondary N) is 2. The predicted octanol–water partition coefficient (Wildman–Crippen LogP) is 6.71. The van der Waals surface area contributed by atoms with Gasteiger partial charge in [-0.15, -0.1) is 11.8 Å². The predicted molar refractivity (Wildman–Crippen MR) is 140 cm³/mol. The second-order valence-corrected chi connectivity index (χ2v) is 9.76. The molecule has 3 aromatic rings. The monoisotopic (exact) mass is 586 g/mol. The lowest BCUT2D eigenvalue weighted by Gasteiger charge is -2.14. The van der Waals surface area contributed by atoms with Crippen molar-refractivity contribution in [3.63, 3.8) is 0 Å². The Balaban J connectivity index is 1.44. The summed E-state index contributed by atoms with van der Waals surface area (Å²) >= 11 is 25.3. The zero-order valence-corrected chi connectivity index (χ0v) is 21.7. The van der Waals surface area contributed by atoms with E-state index >= 15 is 0 Å². The van der Waals surface area contributed by atoms with Crippen molar-refractivity contribution in [2.75, 3.05) is 23.2 Å². The van der Waals surface area contributed by atoms with Gasteiger partial charge in [-0.1, -0.05) is 52.5 Å². The molecular weight excluding hydrogens is 574 g/mol. The molecule has 3 aromatic carbocycles. The van der Waals surface area contributed by atoms with Crippen molar-refractivity contribution in [1.82, 2.24) is 0 Å². The van der Waals surface area contributed by atoms with Gasteiger partial charge in [0.25, 0.3) is 5.91 Å². The number of hydrogen-bond acceptors (Lipinski definition) is 6. The number of thioether (sulfide) groups is 1. The van der Waals surface area contributed by atoms with Gasteiger partial charge in [-0.2, -0.15) is 0 Å². The second-order valence-electron chi connectivity index (χ2n) is 7.20. The molecule has 0 radical (unpaired) electrons. The Morgan fingerprint density at radius 1 is 0.833 bits per heavy atom. The molecule has 13 heteroatoms. The molecule has 0 unspecified atom stereocenters. The van der Waals surface area contributed by atoms with Crippen molar-refractivity contribution in [2.24, 2.45) is 0 Å². The van der Waals surface area contributed by atoms with Crippen LogP contribution >= 0.6 is 58.2 Å². The van der Waals surface area contributed by atoms with E-state index in [1.807, 2.05) is 0 Å². The van der Waals surface area contributed by atoms with Crippen LogP contribution in [-0.2, 0) is 4.79 Å². The van der Waals surface area contributed by atoms with Gasteiger partial charge in [0.05, 0.1) is 37.0 Å². The van der Waals surface area contributed by atoms with Crippen LogP contribution in [-0.4, -0.2) is 35.4 Å². The van der Waals surface area contributed by atoms with Crippen molar-refractivity contribution in [1.29, 1.82) is 0 Å². The summed E-state index contributed by atoms with van der Waals surface area (Å²) in [7, 11) is 0. The van der Waals surface area contributed by atoms with E-state index < -0.39 is 28.0 Å². The molecule has 3 N–H and O–H groups in total. The maximum absolute atomic E-state index is 12.9. The molecule has 1 heterocycles. The van der Waals surface area contributed by atoms with Crippen molar-refractivity contribution in [2.45, 2.75) is 4.90 Å². The Morgan fingerprint density at radius 2 is 1.50 bits per heavy atom. The van der Waals surface area contributed by atoms with E-state index in [0.717, 1.165) is 0 Å². The van der Waals surface area contributed by atoms with Gasteiger partial charge >= 0.3 is 5.97 Å². The molecule has 0 spiro atoms. The van der Waals surface area contributed by atoms with E-state index in [0.29, 0.717) is 27.8 Å². The highest BCUT2D eigenvalue weighted by atomic mass is 35.5. The van der Waals surface area contributed by atoms with E-state index in [1.54, 1.807) is 42.5 Å². The van der Waals surface area contributed by atoms with Gasteiger partial charge in [-0.3, -0.25) is 9.59 Å². The van der Waals surface area contributed by atoms with Crippen LogP contribution in [0, 0.1) is 0 Å². The molecule has 0 atom stereocenters. The minimum Gasteiger partial charge on any atom is -0.478 e. The van der Waals surface area contributed by atoms with E-state index in [4.69, 9.17) is 55.9 Å². The Kier molecular flexibility index (Phi) is 8.07. The maximum atomic E-state index is 12.9. The van der Waals surface area contributed by atoms with Crippen LogP contribution in [0.1, 0.15) is 20.7 Å². The normalized spacial score (nSPS) is 11.8. The Bertz CT molecular complexity index is 1400. The maximum Gasteiger partial charge on any atom is 0.338 e. The van der Waals surface area contributed by atoms with E-state index in [1.165, 1.54) is 11.8 Å². The van der Waals surface area contributed by atoms with Crippen LogP contribution in [0.4, 0.5) is 11.4 Å². The number of carbonyl (C=O) groups excluding carboxylic acids is 2. The van der Waals surface area contributed by atoms with E-state index in [2.05, 4.69) is 10.6 Å². The van der Waals surface area contributed by atoms with Crippen molar-refractivity contribution in [3.8, 4) is 11.5 Å². The fraction of sp³-hybridized carbons (Fsp3) is 0.0870. The van der Waals surface area contributed by atoms with Crippen LogP contribution in [0.2, 0.25) is 20.1 Å². The SMILES string of the molecule is O=C(CSc1cccc(NC(=O)c2c(Cl)c(Cl)c(Cl)c(Cl)c2C(=O)O)c1)Nc1ccc2c(c1)OCO2. The third-order valence-electron chi connectivity index (χ3n) is 4.83. The van der Waals surface area contributed by atoms with Crippen molar-refractivity contribution in [3.05, 3.63) is 73.7 Å². The molecule has 4 rings (SSSR count). The van der Waals surface area contributed by atoms with Crippen LogP contribution in [0.3, 0.4) is 0 Å². The molecule has 186 valence electrons. The summed E-state index contributed by atoms with van der Waals surface area (Å²) in [5.41, 5.74) is -0.0999. The summed E-state index contributed by atoms with van der Waals surface area (Å²) < 4.78 is 10.5. The molecule has 0 bridgehead atoms. The molecular formula is C23H14Cl4N2O6S. The third-order valence-corrected chi connectivity index (χ3v) is 7.62. The molecule has 2 amide bonds. The molecule has 0 saturated carbocycles. The Hall–Kier alpha value is -2.82. The highest BCUT2D eigenvalue weighted by Crippen LogP contribution is 2.42. The Labute approximate surface area is 228 Å². The first-order valence-corrected chi connectivity index (χ1v) is 12.5. The number of carboxylic acids is 1. The van der Waals surface area contributed by atoms with Gasteiger partial charge in [0, 0.05) is 22.3 Å². The van der Waals surface area contributed by atoms with Crippen molar-refractivity contribution >= 4 is 87.3 Å². The van der Waals surface area contributed by atoms with Gasteiger partial charge in [0.15, 0.2) is 11.5 Å². The van der Waals surface area contributed by atoms with Gasteiger partial charge in [0.1, 0.15) is 0 Å². The van der Waals surface area contributed by atoms with Crippen LogP contribution in [0.5, 0.6) is 11.5 Å². The number of benzene rings is 3. The van der Waals surface area contributed by atoms with Gasteiger partial charge in [-0.25, -0.2) is 4.79 Å². The molecule has 0 aliphatic carbocycles. The zero-order valence-electron chi connectivity index (χ0n) is 17.9. The smallest absolute Gasteiger partial charge is 0.338 e. The standard InChI is InChI=1S/C23H14Cl4N2O6S/c24-18-16(17(23(32)33)19(25)21(27)20(18)26)22(31)29-10-2-1-3-12(6-10)36-8-15(30)28-11-4-5-13-14(7-11)35-9-34-13/h1-7H,8-9H2,(H,28,30)(H,29,31)(H,32,33). The summed E-state index contributed by atoms with van der Waals surface area (Å²) in [4.78, 5) is 37.7. The fourth-order valence-electron chi connectivity index (χ4n) is 3.22. The number of carbonyl (C=O) groups is 3. The number of amides is 2. The quantitative estimate of drug-likeness (QED) is 0.160. The molecule has 36 heavy (non-hydrogen) atoms. The average Bonchev–Trinajstić information content (AvgIpc) is 3.31. The summed E-state index contributed by atoms with van der Waals surface area (Å²) in [6.45, 7) is 0.136. The summed E-state index contributed by atoms with van der Waals surface area (Å²) in [5.74, 6) is -1.34. The average molecular weight is 588 g/mol. The molecule has 1 aliphatic heterocycles. The number of anilines is 2. The summed E-state index contributed by atoms with van der Waals surface area (Å²) in [6.07, 6.45) is 0. The molecule has 0 aromatic heterocycles. The first kappa shape index (κ1) is 26.2.